The second-order valence-corrected chi connectivity index (χ2v) is 4.68. The van der Waals surface area contributed by atoms with Crippen LogP contribution < -0.4 is 15.2 Å². The molecule has 1 aliphatic heterocycles. The topological polar surface area (TPSA) is 74.0 Å². The molecule has 1 amide bonds. The van der Waals surface area contributed by atoms with E-state index < -0.39 is 0 Å². The first kappa shape index (κ1) is 14.6. The van der Waals surface area contributed by atoms with E-state index in [0.29, 0.717) is 19.8 Å². The third-order valence-electron chi connectivity index (χ3n) is 3.10. The number of carbonyl (C=O) groups excluding carboxylic acids is 1. The molecule has 110 valence electrons. The molecule has 1 aromatic rings. The van der Waals surface area contributed by atoms with E-state index >= 15 is 0 Å². The monoisotopic (exact) mass is 280 g/mol. The maximum atomic E-state index is 10.9. The molecule has 0 radical (unpaired) electrons. The quantitative estimate of drug-likeness (QED) is 0.809. The molecule has 0 bridgehead atoms. The number of hydrogen-bond donors (Lipinski definition) is 1. The minimum atomic E-state index is -0.318. The molecular weight excluding hydrogens is 260 g/mol. The summed E-state index contributed by atoms with van der Waals surface area (Å²) < 4.78 is 16.4. The molecular formula is C14H20N2O4. The number of hydrogen-bond acceptors (Lipinski definition) is 5. The number of rotatable bonds is 6. The van der Waals surface area contributed by atoms with Crippen molar-refractivity contribution in [3.63, 3.8) is 0 Å². The first-order valence-electron chi connectivity index (χ1n) is 6.56. The van der Waals surface area contributed by atoms with Gasteiger partial charge < -0.3 is 19.9 Å². The number of nitrogens with two attached hydrogens (primary N) is 1. The highest BCUT2D eigenvalue weighted by molar-refractivity contribution is 5.75. The van der Waals surface area contributed by atoms with Gasteiger partial charge in [0.25, 0.3) is 0 Å². The third kappa shape index (κ3) is 4.40. The van der Waals surface area contributed by atoms with Crippen molar-refractivity contribution in [2.75, 3.05) is 40.0 Å². The molecule has 1 atom stereocenters. The average molecular weight is 280 g/mol. The molecule has 0 spiro atoms. The van der Waals surface area contributed by atoms with Crippen LogP contribution in [0.1, 0.15) is 0 Å². The summed E-state index contributed by atoms with van der Waals surface area (Å²) in [5.74, 6) is 1.24. The maximum Gasteiger partial charge on any atom is 0.231 e. The molecule has 0 aliphatic carbocycles. The molecule has 1 aromatic carbocycles. The first-order chi connectivity index (χ1) is 9.67. The fraction of sp³-hybridized carbons (Fsp3) is 0.500. The highest BCUT2D eigenvalue weighted by Crippen LogP contribution is 2.17. The minimum Gasteiger partial charge on any atom is -0.497 e. The van der Waals surface area contributed by atoms with Gasteiger partial charge in [-0.25, -0.2) is 0 Å². The van der Waals surface area contributed by atoms with Crippen LogP contribution in [0.4, 0.5) is 0 Å². The fourth-order valence-corrected chi connectivity index (χ4v) is 2.11. The standard InChI is InChI=1S/C14H20N2O4/c1-18-11-2-4-12(5-3-11)20-10-13-8-16(6-7-19-13)9-14(15)17/h2-5,13H,6-10H2,1H3,(H2,15,17). The first-order valence-corrected chi connectivity index (χ1v) is 6.56. The number of nitrogens with zero attached hydrogens (tertiary/aromatic N) is 1. The normalized spacial score (nSPS) is 19.6. The van der Waals surface area contributed by atoms with E-state index in [1.165, 1.54) is 0 Å². The molecule has 2 N–H and O–H groups in total. The van der Waals surface area contributed by atoms with Gasteiger partial charge in [-0.15, -0.1) is 0 Å². The maximum absolute atomic E-state index is 10.9. The molecule has 0 saturated carbocycles. The van der Waals surface area contributed by atoms with E-state index in [1.54, 1.807) is 7.11 Å². The highest BCUT2D eigenvalue weighted by Gasteiger charge is 2.21. The second kappa shape index (κ2) is 7.12. The summed E-state index contributed by atoms with van der Waals surface area (Å²) in [4.78, 5) is 12.9. The van der Waals surface area contributed by atoms with E-state index in [9.17, 15) is 4.79 Å². The van der Waals surface area contributed by atoms with Crippen LogP contribution >= 0.6 is 0 Å². The Hall–Kier alpha value is -1.79. The van der Waals surface area contributed by atoms with Crippen LogP contribution in [-0.2, 0) is 9.53 Å². The molecule has 1 fully saturated rings. The Labute approximate surface area is 118 Å². The number of methoxy groups -OCH3 is 1. The number of benzene rings is 1. The number of ether oxygens (including phenoxy) is 3. The lowest BCUT2D eigenvalue weighted by molar-refractivity contribution is -0.121. The van der Waals surface area contributed by atoms with Gasteiger partial charge in [-0.1, -0.05) is 0 Å². The van der Waals surface area contributed by atoms with Crippen LogP contribution in [0, 0.1) is 0 Å². The van der Waals surface area contributed by atoms with Gasteiger partial charge >= 0.3 is 0 Å². The Balaban J connectivity index is 1.79. The van der Waals surface area contributed by atoms with Gasteiger partial charge in [0.15, 0.2) is 0 Å². The lowest BCUT2D eigenvalue weighted by atomic mass is 10.2. The summed E-state index contributed by atoms with van der Waals surface area (Å²) in [6.07, 6.45) is -0.0507. The van der Waals surface area contributed by atoms with Crippen molar-refractivity contribution in [3.8, 4) is 11.5 Å². The van der Waals surface area contributed by atoms with Crippen molar-refractivity contribution in [1.29, 1.82) is 0 Å². The Morgan fingerprint density at radius 2 is 2.10 bits per heavy atom. The molecule has 1 heterocycles. The molecule has 2 rings (SSSR count). The fourth-order valence-electron chi connectivity index (χ4n) is 2.11. The van der Waals surface area contributed by atoms with Crippen LogP contribution in [0.25, 0.3) is 0 Å². The Bertz CT molecular complexity index is 435. The van der Waals surface area contributed by atoms with Gasteiger partial charge in [0, 0.05) is 13.1 Å². The molecule has 1 aliphatic rings. The number of amides is 1. The van der Waals surface area contributed by atoms with Crippen molar-refractivity contribution in [2.24, 2.45) is 5.73 Å². The molecule has 1 saturated heterocycles. The SMILES string of the molecule is COc1ccc(OCC2CN(CC(N)=O)CCO2)cc1. The van der Waals surface area contributed by atoms with E-state index in [2.05, 4.69) is 0 Å². The zero-order chi connectivity index (χ0) is 14.4. The predicted molar refractivity (Wildman–Crippen MR) is 73.9 cm³/mol. The summed E-state index contributed by atoms with van der Waals surface area (Å²) in [6.45, 7) is 2.68. The van der Waals surface area contributed by atoms with Crippen molar-refractivity contribution in [1.82, 2.24) is 4.90 Å². The van der Waals surface area contributed by atoms with Gasteiger partial charge in [0.1, 0.15) is 24.2 Å². The summed E-state index contributed by atoms with van der Waals surface area (Å²) in [5, 5.41) is 0. The summed E-state index contributed by atoms with van der Waals surface area (Å²) in [5.41, 5.74) is 5.20. The lowest BCUT2D eigenvalue weighted by Gasteiger charge is -2.31. The van der Waals surface area contributed by atoms with E-state index in [1.807, 2.05) is 29.2 Å². The minimum absolute atomic E-state index is 0.0507. The second-order valence-electron chi connectivity index (χ2n) is 4.68. The molecule has 6 nitrogen and oxygen atoms in total. The number of morpholine rings is 1. The zero-order valence-corrected chi connectivity index (χ0v) is 11.6. The predicted octanol–water partition coefficient (Wildman–Crippen LogP) is 0.260. The van der Waals surface area contributed by atoms with Crippen molar-refractivity contribution >= 4 is 5.91 Å². The largest absolute Gasteiger partial charge is 0.497 e. The van der Waals surface area contributed by atoms with Crippen molar-refractivity contribution in [3.05, 3.63) is 24.3 Å². The summed E-state index contributed by atoms with van der Waals surface area (Å²) in [6, 6.07) is 7.39. The van der Waals surface area contributed by atoms with Gasteiger partial charge in [-0.3, -0.25) is 9.69 Å². The van der Waals surface area contributed by atoms with Crippen molar-refractivity contribution in [2.45, 2.75) is 6.10 Å². The van der Waals surface area contributed by atoms with Crippen LogP contribution in [0.2, 0.25) is 0 Å². The Morgan fingerprint density at radius 3 is 2.75 bits per heavy atom. The van der Waals surface area contributed by atoms with Gasteiger partial charge in [0.2, 0.25) is 5.91 Å². The Morgan fingerprint density at radius 1 is 1.40 bits per heavy atom. The number of primary amides is 1. The van der Waals surface area contributed by atoms with Crippen LogP contribution in [0.3, 0.4) is 0 Å². The third-order valence-corrected chi connectivity index (χ3v) is 3.10. The van der Waals surface area contributed by atoms with Crippen LogP contribution in [0.15, 0.2) is 24.3 Å². The van der Waals surface area contributed by atoms with Gasteiger partial charge in [0.05, 0.1) is 20.3 Å². The zero-order valence-electron chi connectivity index (χ0n) is 11.6. The number of carbonyl (C=O) groups is 1. The summed E-state index contributed by atoms with van der Waals surface area (Å²) >= 11 is 0. The smallest absolute Gasteiger partial charge is 0.231 e. The van der Waals surface area contributed by atoms with Crippen molar-refractivity contribution < 1.29 is 19.0 Å². The van der Waals surface area contributed by atoms with Gasteiger partial charge in [-0.2, -0.15) is 0 Å². The average Bonchev–Trinajstić information content (AvgIpc) is 2.45. The van der Waals surface area contributed by atoms with E-state index in [0.717, 1.165) is 18.0 Å². The van der Waals surface area contributed by atoms with E-state index in [4.69, 9.17) is 19.9 Å². The molecule has 1 unspecified atom stereocenters. The highest BCUT2D eigenvalue weighted by atomic mass is 16.5. The lowest BCUT2D eigenvalue weighted by Crippen LogP contribution is -2.47. The molecule has 6 heteroatoms. The van der Waals surface area contributed by atoms with E-state index in [-0.39, 0.29) is 18.6 Å². The Kier molecular flexibility index (Phi) is 5.20. The summed E-state index contributed by atoms with van der Waals surface area (Å²) in [7, 11) is 1.62. The van der Waals surface area contributed by atoms with Crippen LogP contribution in [-0.4, -0.2) is 56.9 Å². The molecule has 20 heavy (non-hydrogen) atoms. The molecule has 0 aromatic heterocycles. The van der Waals surface area contributed by atoms with Gasteiger partial charge in [-0.05, 0) is 24.3 Å². The van der Waals surface area contributed by atoms with Crippen LogP contribution in [0.5, 0.6) is 11.5 Å².